The molecule has 2 atom stereocenters. The van der Waals surface area contributed by atoms with Crippen LogP contribution in [0.15, 0.2) is 0 Å². The van der Waals surface area contributed by atoms with Gasteiger partial charge in [0.1, 0.15) is 0 Å². The van der Waals surface area contributed by atoms with E-state index in [4.69, 9.17) is 4.74 Å². The quantitative estimate of drug-likeness (QED) is 0.320. The van der Waals surface area contributed by atoms with Gasteiger partial charge in [0.15, 0.2) is 0 Å². The van der Waals surface area contributed by atoms with E-state index >= 15 is 0 Å². The van der Waals surface area contributed by atoms with Gasteiger partial charge in [-0.25, -0.2) is 0 Å². The summed E-state index contributed by atoms with van der Waals surface area (Å²) in [6.45, 7) is 6.37. The van der Waals surface area contributed by atoms with E-state index < -0.39 is 0 Å². The third kappa shape index (κ3) is 10.8. The molecule has 0 aliphatic carbocycles. The minimum atomic E-state index is -0.279. The number of rotatable bonds is 15. The van der Waals surface area contributed by atoms with Crippen LogP contribution in [-0.2, 0) is 9.53 Å². The van der Waals surface area contributed by atoms with Crippen LogP contribution in [0, 0.1) is 5.41 Å². The van der Waals surface area contributed by atoms with E-state index in [1.807, 2.05) is 14.0 Å². The van der Waals surface area contributed by atoms with Crippen molar-refractivity contribution in [1.82, 2.24) is 5.32 Å². The Labute approximate surface area is 144 Å². The standard InChI is InChI=1S/C20H41NO2/c1-6-20(3,19(22)23-5)17-15-13-11-9-7-8-10-12-14-16-18(2)21-4/h18,21H,6-17H2,1-5H3. The van der Waals surface area contributed by atoms with Gasteiger partial charge in [-0.2, -0.15) is 0 Å². The van der Waals surface area contributed by atoms with Crippen molar-refractivity contribution in [3.63, 3.8) is 0 Å². The molecule has 0 rings (SSSR count). The second-order valence-corrected chi connectivity index (χ2v) is 7.32. The lowest BCUT2D eigenvalue weighted by molar-refractivity contribution is -0.152. The molecule has 0 radical (unpaired) electrons. The molecule has 23 heavy (non-hydrogen) atoms. The Kier molecular flexibility index (Phi) is 13.5. The lowest BCUT2D eigenvalue weighted by Gasteiger charge is -2.24. The van der Waals surface area contributed by atoms with Crippen LogP contribution in [0.2, 0.25) is 0 Å². The number of carbonyl (C=O) groups excluding carboxylic acids is 1. The van der Waals surface area contributed by atoms with Crippen LogP contribution in [0.4, 0.5) is 0 Å². The maximum absolute atomic E-state index is 11.8. The van der Waals surface area contributed by atoms with Crippen LogP contribution in [0.3, 0.4) is 0 Å². The number of hydrogen-bond acceptors (Lipinski definition) is 3. The van der Waals surface area contributed by atoms with Gasteiger partial charge >= 0.3 is 5.97 Å². The molecule has 0 fully saturated rings. The molecule has 3 heteroatoms. The van der Waals surface area contributed by atoms with Crippen LogP contribution in [0.1, 0.15) is 97.8 Å². The fourth-order valence-electron chi connectivity index (χ4n) is 3.02. The topological polar surface area (TPSA) is 38.3 Å². The van der Waals surface area contributed by atoms with Gasteiger partial charge in [0.05, 0.1) is 12.5 Å². The smallest absolute Gasteiger partial charge is 0.311 e. The Balaban J connectivity index is 3.44. The summed E-state index contributed by atoms with van der Waals surface area (Å²) in [6, 6.07) is 0.661. The van der Waals surface area contributed by atoms with Gasteiger partial charge in [-0.3, -0.25) is 4.79 Å². The van der Waals surface area contributed by atoms with Crippen molar-refractivity contribution in [3.05, 3.63) is 0 Å². The first-order valence-electron chi connectivity index (χ1n) is 9.75. The molecule has 0 aromatic heterocycles. The van der Waals surface area contributed by atoms with Crippen molar-refractivity contribution in [1.29, 1.82) is 0 Å². The first-order chi connectivity index (χ1) is 11.0. The normalized spacial score (nSPS) is 15.2. The summed E-state index contributed by atoms with van der Waals surface area (Å²) in [7, 11) is 3.54. The van der Waals surface area contributed by atoms with Crippen molar-refractivity contribution in [3.8, 4) is 0 Å². The zero-order chi connectivity index (χ0) is 17.6. The number of carbonyl (C=O) groups is 1. The molecular weight excluding hydrogens is 286 g/mol. The monoisotopic (exact) mass is 327 g/mol. The molecule has 0 heterocycles. The number of unbranched alkanes of at least 4 members (excludes halogenated alkanes) is 8. The van der Waals surface area contributed by atoms with Crippen LogP contribution < -0.4 is 5.32 Å². The van der Waals surface area contributed by atoms with Crippen LogP contribution in [-0.4, -0.2) is 26.2 Å². The third-order valence-electron chi connectivity index (χ3n) is 5.32. The second kappa shape index (κ2) is 13.8. The summed E-state index contributed by atoms with van der Waals surface area (Å²) >= 11 is 0. The zero-order valence-corrected chi connectivity index (χ0v) is 16.4. The molecule has 0 saturated heterocycles. The molecule has 0 bridgehead atoms. The molecule has 0 saturated carbocycles. The van der Waals surface area contributed by atoms with Gasteiger partial charge in [-0.05, 0) is 40.2 Å². The van der Waals surface area contributed by atoms with E-state index in [1.54, 1.807) is 0 Å². The van der Waals surface area contributed by atoms with Crippen molar-refractivity contribution < 1.29 is 9.53 Å². The molecular formula is C20H41NO2. The van der Waals surface area contributed by atoms with Crippen LogP contribution in [0.25, 0.3) is 0 Å². The largest absolute Gasteiger partial charge is 0.469 e. The van der Waals surface area contributed by atoms with Crippen LogP contribution >= 0.6 is 0 Å². The number of methoxy groups -OCH3 is 1. The molecule has 2 unspecified atom stereocenters. The Hall–Kier alpha value is -0.570. The molecule has 138 valence electrons. The summed E-state index contributed by atoms with van der Waals surface area (Å²) < 4.78 is 4.93. The highest BCUT2D eigenvalue weighted by atomic mass is 16.5. The van der Waals surface area contributed by atoms with E-state index in [2.05, 4.69) is 19.2 Å². The summed E-state index contributed by atoms with van der Waals surface area (Å²) in [4.78, 5) is 11.8. The Morgan fingerprint density at radius 3 is 1.91 bits per heavy atom. The highest BCUT2D eigenvalue weighted by Crippen LogP contribution is 2.30. The fraction of sp³-hybridized carbons (Fsp3) is 0.950. The molecule has 3 nitrogen and oxygen atoms in total. The number of nitrogens with one attached hydrogen (secondary N) is 1. The highest BCUT2D eigenvalue weighted by molar-refractivity contribution is 5.76. The van der Waals surface area contributed by atoms with Gasteiger partial charge in [-0.1, -0.05) is 64.7 Å². The summed E-state index contributed by atoms with van der Waals surface area (Å²) in [5.41, 5.74) is -0.279. The average Bonchev–Trinajstić information content (AvgIpc) is 2.58. The maximum Gasteiger partial charge on any atom is 0.311 e. The molecule has 0 aliphatic heterocycles. The minimum Gasteiger partial charge on any atom is -0.469 e. The minimum absolute atomic E-state index is 0.0485. The van der Waals surface area contributed by atoms with E-state index in [-0.39, 0.29) is 11.4 Å². The van der Waals surface area contributed by atoms with Gasteiger partial charge < -0.3 is 10.1 Å². The van der Waals surface area contributed by atoms with Crippen LogP contribution in [0.5, 0.6) is 0 Å². The number of hydrogen-bond donors (Lipinski definition) is 1. The van der Waals surface area contributed by atoms with Gasteiger partial charge in [0.25, 0.3) is 0 Å². The summed E-state index contributed by atoms with van der Waals surface area (Å²) in [6.07, 6.45) is 15.0. The van der Waals surface area contributed by atoms with Gasteiger partial charge in [-0.15, -0.1) is 0 Å². The SMILES string of the molecule is CCC(C)(CCCCCCCCCCCC(C)NC)C(=O)OC. The van der Waals surface area contributed by atoms with E-state index in [9.17, 15) is 4.79 Å². The Morgan fingerprint density at radius 1 is 1.00 bits per heavy atom. The van der Waals surface area contributed by atoms with Crippen molar-refractivity contribution in [2.75, 3.05) is 14.2 Å². The molecule has 1 N–H and O–H groups in total. The van der Waals surface area contributed by atoms with Crippen molar-refractivity contribution in [2.24, 2.45) is 5.41 Å². The van der Waals surface area contributed by atoms with E-state index in [0.29, 0.717) is 6.04 Å². The van der Waals surface area contributed by atoms with Crippen molar-refractivity contribution in [2.45, 2.75) is 104 Å². The summed E-state index contributed by atoms with van der Waals surface area (Å²) in [5.74, 6) is -0.0485. The Bertz CT molecular complexity index is 293. The van der Waals surface area contributed by atoms with E-state index in [1.165, 1.54) is 64.9 Å². The van der Waals surface area contributed by atoms with Crippen molar-refractivity contribution >= 4 is 5.97 Å². The molecule has 0 aromatic carbocycles. The lowest BCUT2D eigenvalue weighted by atomic mass is 9.82. The average molecular weight is 328 g/mol. The predicted molar refractivity (Wildman–Crippen MR) is 99.7 cm³/mol. The van der Waals surface area contributed by atoms with Gasteiger partial charge in [0, 0.05) is 6.04 Å². The first kappa shape index (κ1) is 22.4. The predicted octanol–water partition coefficient (Wildman–Crippen LogP) is 5.47. The number of ether oxygens (including phenoxy) is 1. The molecule has 0 aliphatic rings. The lowest BCUT2D eigenvalue weighted by Crippen LogP contribution is -2.28. The fourth-order valence-corrected chi connectivity index (χ4v) is 3.02. The van der Waals surface area contributed by atoms with Gasteiger partial charge in [0.2, 0.25) is 0 Å². The second-order valence-electron chi connectivity index (χ2n) is 7.32. The first-order valence-corrected chi connectivity index (χ1v) is 9.75. The number of esters is 1. The Morgan fingerprint density at radius 2 is 1.48 bits per heavy atom. The maximum atomic E-state index is 11.8. The molecule has 0 spiro atoms. The zero-order valence-electron chi connectivity index (χ0n) is 16.4. The molecule has 0 amide bonds. The molecule has 0 aromatic rings. The highest BCUT2D eigenvalue weighted by Gasteiger charge is 2.31. The van der Waals surface area contributed by atoms with E-state index in [0.717, 1.165) is 19.3 Å². The third-order valence-corrected chi connectivity index (χ3v) is 5.32. The summed E-state index contributed by atoms with van der Waals surface area (Å²) in [5, 5.41) is 3.29.